The number of hydrogen-bond acceptors (Lipinski definition) is 4. The molecule has 1 aromatic carbocycles. The summed E-state index contributed by atoms with van der Waals surface area (Å²) in [4.78, 5) is 11.8. The second kappa shape index (κ2) is 6.44. The molecule has 19 heavy (non-hydrogen) atoms. The summed E-state index contributed by atoms with van der Waals surface area (Å²) in [5.41, 5.74) is 6.72. The van der Waals surface area contributed by atoms with Gasteiger partial charge in [-0.25, -0.2) is 0 Å². The summed E-state index contributed by atoms with van der Waals surface area (Å²) < 4.78 is 2.56. The van der Waals surface area contributed by atoms with E-state index in [0.29, 0.717) is 25.3 Å². The van der Waals surface area contributed by atoms with Crippen molar-refractivity contribution in [2.75, 3.05) is 6.54 Å². The highest BCUT2D eigenvalue weighted by atomic mass is 79.9. The number of amides is 1. The lowest BCUT2D eigenvalue weighted by Crippen LogP contribution is -2.23. The van der Waals surface area contributed by atoms with Gasteiger partial charge in [-0.3, -0.25) is 9.48 Å². The molecule has 2 aromatic rings. The number of halogens is 1. The monoisotopic (exact) mass is 323 g/mol. The highest BCUT2D eigenvalue weighted by Gasteiger charge is 2.09. The molecular weight excluding hydrogens is 310 g/mol. The van der Waals surface area contributed by atoms with Gasteiger partial charge in [-0.2, -0.15) is 0 Å². The molecule has 0 saturated carbocycles. The summed E-state index contributed by atoms with van der Waals surface area (Å²) >= 11 is 3.36. The van der Waals surface area contributed by atoms with E-state index in [1.54, 1.807) is 10.9 Å². The summed E-state index contributed by atoms with van der Waals surface area (Å²) in [6.07, 6.45) is 1.59. The van der Waals surface area contributed by atoms with E-state index in [-0.39, 0.29) is 5.91 Å². The van der Waals surface area contributed by atoms with Crippen LogP contribution < -0.4 is 11.1 Å². The van der Waals surface area contributed by atoms with Crippen LogP contribution >= 0.6 is 15.9 Å². The maximum Gasteiger partial charge on any atom is 0.273 e. The number of hydrogen-bond donors (Lipinski definition) is 2. The van der Waals surface area contributed by atoms with Crippen molar-refractivity contribution in [1.29, 1.82) is 0 Å². The van der Waals surface area contributed by atoms with Crippen molar-refractivity contribution in [2.24, 2.45) is 5.73 Å². The summed E-state index contributed by atoms with van der Waals surface area (Å²) in [5, 5.41) is 10.4. The second-order valence-electron chi connectivity index (χ2n) is 3.96. The molecule has 2 rings (SSSR count). The van der Waals surface area contributed by atoms with Gasteiger partial charge in [-0.1, -0.05) is 33.3 Å². The fourth-order valence-electron chi connectivity index (χ4n) is 1.52. The molecule has 7 heteroatoms. The zero-order chi connectivity index (χ0) is 13.7. The van der Waals surface area contributed by atoms with Crippen LogP contribution in [0.15, 0.2) is 34.9 Å². The average Bonchev–Trinajstić information content (AvgIpc) is 2.87. The van der Waals surface area contributed by atoms with Gasteiger partial charge in [-0.15, -0.1) is 5.10 Å². The van der Waals surface area contributed by atoms with Crippen LogP contribution in [0.2, 0.25) is 0 Å². The lowest BCUT2D eigenvalue weighted by Gasteiger charge is -2.03. The first kappa shape index (κ1) is 13.7. The standard InChI is InChI=1S/C12H14BrN5O/c13-10-3-1-9(2-4-10)7-15-12(19)11-8-18(6-5-14)17-16-11/h1-4,8H,5-7,14H2,(H,15,19). The first-order valence-electron chi connectivity index (χ1n) is 5.82. The number of aromatic nitrogens is 3. The topological polar surface area (TPSA) is 85.8 Å². The van der Waals surface area contributed by atoms with Crippen molar-refractivity contribution >= 4 is 21.8 Å². The minimum atomic E-state index is -0.244. The Morgan fingerprint density at radius 2 is 2.11 bits per heavy atom. The number of rotatable bonds is 5. The third-order valence-corrected chi connectivity index (χ3v) is 3.02. The molecule has 1 amide bonds. The Kier molecular flexibility index (Phi) is 4.64. The first-order valence-corrected chi connectivity index (χ1v) is 6.61. The fourth-order valence-corrected chi connectivity index (χ4v) is 1.78. The molecule has 0 aliphatic carbocycles. The SMILES string of the molecule is NCCn1cc(C(=O)NCc2ccc(Br)cc2)nn1. The van der Waals surface area contributed by atoms with Gasteiger partial charge in [0, 0.05) is 17.6 Å². The molecule has 0 fully saturated rings. The van der Waals surface area contributed by atoms with Crippen molar-refractivity contribution in [3.05, 3.63) is 46.2 Å². The third-order valence-electron chi connectivity index (χ3n) is 2.50. The Morgan fingerprint density at radius 3 is 2.79 bits per heavy atom. The van der Waals surface area contributed by atoms with E-state index in [1.165, 1.54) is 0 Å². The lowest BCUT2D eigenvalue weighted by molar-refractivity contribution is 0.0946. The molecule has 100 valence electrons. The van der Waals surface area contributed by atoms with Crippen LogP contribution in [0.25, 0.3) is 0 Å². The number of nitrogens with zero attached hydrogens (tertiary/aromatic N) is 3. The smallest absolute Gasteiger partial charge is 0.273 e. The largest absolute Gasteiger partial charge is 0.347 e. The Balaban J connectivity index is 1.91. The van der Waals surface area contributed by atoms with Crippen LogP contribution in [0.1, 0.15) is 16.1 Å². The van der Waals surface area contributed by atoms with E-state index in [0.717, 1.165) is 10.0 Å². The predicted molar refractivity (Wildman–Crippen MR) is 74.4 cm³/mol. The van der Waals surface area contributed by atoms with Gasteiger partial charge >= 0.3 is 0 Å². The lowest BCUT2D eigenvalue weighted by atomic mass is 10.2. The van der Waals surface area contributed by atoms with Crippen LogP contribution in [0.4, 0.5) is 0 Å². The van der Waals surface area contributed by atoms with Gasteiger partial charge in [0.15, 0.2) is 5.69 Å². The van der Waals surface area contributed by atoms with Crippen LogP contribution in [0, 0.1) is 0 Å². The summed E-state index contributed by atoms with van der Waals surface area (Å²) in [7, 11) is 0. The van der Waals surface area contributed by atoms with Crippen molar-refractivity contribution in [1.82, 2.24) is 20.3 Å². The molecule has 0 bridgehead atoms. The van der Waals surface area contributed by atoms with E-state index in [4.69, 9.17) is 5.73 Å². The summed E-state index contributed by atoms with van der Waals surface area (Å²) in [6.45, 7) is 1.46. The zero-order valence-electron chi connectivity index (χ0n) is 10.2. The third kappa shape index (κ3) is 3.87. The predicted octanol–water partition coefficient (Wildman–Crippen LogP) is 0.929. The normalized spacial score (nSPS) is 10.4. The Hall–Kier alpha value is -1.73. The van der Waals surface area contributed by atoms with E-state index < -0.39 is 0 Å². The maximum atomic E-state index is 11.8. The highest BCUT2D eigenvalue weighted by Crippen LogP contribution is 2.10. The average molecular weight is 324 g/mol. The number of nitrogens with one attached hydrogen (secondary N) is 1. The molecule has 0 unspecified atom stereocenters. The molecule has 0 aliphatic rings. The Labute approximate surface area is 119 Å². The molecule has 6 nitrogen and oxygen atoms in total. The molecule has 0 radical (unpaired) electrons. The van der Waals surface area contributed by atoms with Gasteiger partial charge in [0.1, 0.15) is 0 Å². The molecular formula is C12H14BrN5O. The van der Waals surface area contributed by atoms with Gasteiger partial charge in [0.25, 0.3) is 5.91 Å². The van der Waals surface area contributed by atoms with Gasteiger partial charge < -0.3 is 11.1 Å². The van der Waals surface area contributed by atoms with Crippen LogP contribution in [0.5, 0.6) is 0 Å². The van der Waals surface area contributed by atoms with Crippen molar-refractivity contribution < 1.29 is 4.79 Å². The highest BCUT2D eigenvalue weighted by molar-refractivity contribution is 9.10. The van der Waals surface area contributed by atoms with Crippen LogP contribution in [0.3, 0.4) is 0 Å². The molecule has 0 atom stereocenters. The number of carbonyl (C=O) groups is 1. The summed E-state index contributed by atoms with van der Waals surface area (Å²) in [5.74, 6) is -0.244. The molecule has 3 N–H and O–H groups in total. The second-order valence-corrected chi connectivity index (χ2v) is 4.88. The van der Waals surface area contributed by atoms with Crippen molar-refractivity contribution in [2.45, 2.75) is 13.1 Å². The molecule has 0 aliphatic heterocycles. The van der Waals surface area contributed by atoms with Gasteiger partial charge in [0.05, 0.1) is 12.7 Å². The Morgan fingerprint density at radius 1 is 1.37 bits per heavy atom. The molecule has 1 heterocycles. The van der Waals surface area contributed by atoms with Crippen LogP contribution in [-0.4, -0.2) is 27.4 Å². The van der Waals surface area contributed by atoms with E-state index in [9.17, 15) is 4.79 Å². The quantitative estimate of drug-likeness (QED) is 0.857. The molecule has 1 aromatic heterocycles. The van der Waals surface area contributed by atoms with E-state index in [1.807, 2.05) is 24.3 Å². The summed E-state index contributed by atoms with van der Waals surface area (Å²) in [6, 6.07) is 7.74. The van der Waals surface area contributed by atoms with Crippen molar-refractivity contribution in [3.63, 3.8) is 0 Å². The minimum Gasteiger partial charge on any atom is -0.347 e. The maximum absolute atomic E-state index is 11.8. The van der Waals surface area contributed by atoms with Gasteiger partial charge in [0.2, 0.25) is 0 Å². The number of carbonyl (C=O) groups excluding carboxylic acids is 1. The molecule has 0 saturated heterocycles. The van der Waals surface area contributed by atoms with E-state index >= 15 is 0 Å². The van der Waals surface area contributed by atoms with Gasteiger partial charge in [-0.05, 0) is 17.7 Å². The van der Waals surface area contributed by atoms with E-state index in [2.05, 4.69) is 31.6 Å². The first-order chi connectivity index (χ1) is 9.19. The fraction of sp³-hybridized carbons (Fsp3) is 0.250. The number of benzene rings is 1. The zero-order valence-corrected chi connectivity index (χ0v) is 11.8. The minimum absolute atomic E-state index is 0.244. The molecule has 0 spiro atoms. The number of nitrogens with two attached hydrogens (primary N) is 1. The Bertz CT molecular complexity index is 552. The van der Waals surface area contributed by atoms with Crippen molar-refractivity contribution in [3.8, 4) is 0 Å². The van der Waals surface area contributed by atoms with Crippen LogP contribution in [-0.2, 0) is 13.1 Å².